The van der Waals surface area contributed by atoms with Crippen LogP contribution in [-0.4, -0.2) is 5.11 Å². The molecule has 0 aliphatic carbocycles. The molecule has 0 radical (unpaired) electrons. The molecule has 1 aromatic carbocycles. The van der Waals surface area contributed by atoms with E-state index in [1.807, 2.05) is 0 Å². The number of nitrogens with two attached hydrogens (primary N) is 1. The average molecular weight is 234 g/mol. The lowest BCUT2D eigenvalue weighted by molar-refractivity contribution is 0.452. The van der Waals surface area contributed by atoms with Crippen molar-refractivity contribution in [3.8, 4) is 5.75 Å². The third-order valence-corrected chi connectivity index (χ3v) is 2.35. The molecule has 1 rings (SSSR count). The predicted octanol–water partition coefficient (Wildman–Crippen LogP) is 2.31. The molecule has 0 bridgehead atoms. The summed E-state index contributed by atoms with van der Waals surface area (Å²) in [6.45, 7) is 1.72. The second-order valence-corrected chi connectivity index (χ2v) is 3.38. The van der Waals surface area contributed by atoms with E-state index in [2.05, 4.69) is 15.9 Å². The Bertz CT molecular complexity index is 301. The van der Waals surface area contributed by atoms with E-state index in [0.29, 0.717) is 5.56 Å². The number of phenolic OH excluding ortho intramolecular Hbond substituents is 1. The molecule has 0 spiro atoms. The summed E-state index contributed by atoms with van der Waals surface area (Å²) < 4.78 is 12.8. The molecule has 0 unspecified atom stereocenters. The number of phenols is 1. The van der Waals surface area contributed by atoms with Crippen LogP contribution in [0.25, 0.3) is 0 Å². The number of hydrogen-bond donors (Lipinski definition) is 2. The van der Waals surface area contributed by atoms with Crippen LogP contribution < -0.4 is 5.73 Å². The van der Waals surface area contributed by atoms with E-state index >= 15 is 0 Å². The van der Waals surface area contributed by atoms with Crippen molar-refractivity contribution in [2.45, 2.75) is 13.0 Å². The van der Waals surface area contributed by atoms with Crippen LogP contribution in [0.3, 0.4) is 0 Å². The van der Waals surface area contributed by atoms with Crippen LogP contribution in [0.2, 0.25) is 0 Å². The monoisotopic (exact) mass is 233 g/mol. The van der Waals surface area contributed by atoms with E-state index in [9.17, 15) is 9.50 Å². The zero-order valence-corrected chi connectivity index (χ0v) is 8.10. The maximum absolute atomic E-state index is 12.8. The molecular weight excluding hydrogens is 225 g/mol. The number of aromatic hydroxyl groups is 1. The molecule has 3 N–H and O–H groups in total. The first-order valence-electron chi connectivity index (χ1n) is 3.46. The van der Waals surface area contributed by atoms with Crippen LogP contribution in [0.4, 0.5) is 4.39 Å². The second-order valence-electron chi connectivity index (χ2n) is 2.59. The fourth-order valence-corrected chi connectivity index (χ4v) is 1.28. The molecule has 0 aliphatic heterocycles. The Labute approximate surface area is 78.3 Å². The van der Waals surface area contributed by atoms with Gasteiger partial charge < -0.3 is 10.8 Å². The summed E-state index contributed by atoms with van der Waals surface area (Å²) in [5, 5.41) is 9.38. The maximum atomic E-state index is 12.8. The largest absolute Gasteiger partial charge is 0.506 e. The van der Waals surface area contributed by atoms with E-state index in [0.717, 1.165) is 0 Å². The lowest BCUT2D eigenvalue weighted by Gasteiger charge is -2.09. The normalized spacial score (nSPS) is 13.0. The fraction of sp³-hybridized carbons (Fsp3) is 0.250. The second kappa shape index (κ2) is 3.41. The first-order valence-corrected chi connectivity index (χ1v) is 4.25. The van der Waals surface area contributed by atoms with Crippen molar-refractivity contribution in [2.75, 3.05) is 0 Å². The summed E-state index contributed by atoms with van der Waals surface area (Å²) in [5.41, 5.74) is 6.06. The van der Waals surface area contributed by atoms with Gasteiger partial charge in [-0.25, -0.2) is 4.39 Å². The van der Waals surface area contributed by atoms with Gasteiger partial charge in [-0.05, 0) is 28.9 Å². The Morgan fingerprint density at radius 1 is 1.58 bits per heavy atom. The molecule has 0 saturated heterocycles. The highest BCUT2D eigenvalue weighted by Gasteiger charge is 2.12. The molecule has 0 aliphatic rings. The first kappa shape index (κ1) is 9.48. The quantitative estimate of drug-likeness (QED) is 0.783. The summed E-state index contributed by atoms with van der Waals surface area (Å²) in [6, 6.07) is 2.43. The van der Waals surface area contributed by atoms with Crippen LogP contribution in [0.5, 0.6) is 5.75 Å². The van der Waals surface area contributed by atoms with Crippen molar-refractivity contribution < 1.29 is 9.50 Å². The first-order chi connectivity index (χ1) is 5.54. The molecular formula is C8H9BrFNO. The lowest BCUT2D eigenvalue weighted by atomic mass is 10.1. The molecule has 1 aromatic rings. The predicted molar refractivity (Wildman–Crippen MR) is 48.4 cm³/mol. The Morgan fingerprint density at radius 3 is 2.67 bits per heavy atom. The summed E-state index contributed by atoms with van der Waals surface area (Å²) in [4.78, 5) is 0. The maximum Gasteiger partial charge on any atom is 0.141 e. The smallest absolute Gasteiger partial charge is 0.141 e. The highest BCUT2D eigenvalue weighted by atomic mass is 79.9. The van der Waals surface area contributed by atoms with Crippen LogP contribution in [0.1, 0.15) is 18.5 Å². The van der Waals surface area contributed by atoms with Gasteiger partial charge in [-0.15, -0.1) is 0 Å². The van der Waals surface area contributed by atoms with E-state index in [-0.39, 0.29) is 16.3 Å². The topological polar surface area (TPSA) is 46.2 Å². The molecule has 4 heteroatoms. The molecule has 0 aromatic heterocycles. The van der Waals surface area contributed by atoms with Crippen LogP contribution in [-0.2, 0) is 0 Å². The SMILES string of the molecule is C[C@@H](N)c1ccc(F)c(Br)c1O. The summed E-state index contributed by atoms with van der Waals surface area (Å²) in [5.74, 6) is -0.609. The number of rotatable bonds is 1. The van der Waals surface area contributed by atoms with Crippen LogP contribution in [0, 0.1) is 5.82 Å². The van der Waals surface area contributed by atoms with Crippen molar-refractivity contribution >= 4 is 15.9 Å². The molecule has 1 atom stereocenters. The molecule has 0 fully saturated rings. The van der Waals surface area contributed by atoms with Gasteiger partial charge in [0, 0.05) is 11.6 Å². The lowest BCUT2D eigenvalue weighted by Crippen LogP contribution is -2.05. The molecule has 0 saturated carbocycles. The van der Waals surface area contributed by atoms with E-state index in [1.165, 1.54) is 12.1 Å². The van der Waals surface area contributed by atoms with Gasteiger partial charge in [-0.2, -0.15) is 0 Å². The standard InChI is InChI=1S/C8H9BrFNO/c1-4(11)5-2-3-6(10)7(9)8(5)12/h2-4,12H,11H2,1H3/t4-/m1/s1. The van der Waals surface area contributed by atoms with Gasteiger partial charge in [0.25, 0.3) is 0 Å². The van der Waals surface area contributed by atoms with Gasteiger partial charge in [0.15, 0.2) is 0 Å². The van der Waals surface area contributed by atoms with Crippen molar-refractivity contribution in [3.63, 3.8) is 0 Å². The van der Waals surface area contributed by atoms with Crippen molar-refractivity contribution in [1.82, 2.24) is 0 Å². The van der Waals surface area contributed by atoms with Crippen LogP contribution >= 0.6 is 15.9 Å². The minimum absolute atomic E-state index is 0.0669. The Morgan fingerprint density at radius 2 is 2.17 bits per heavy atom. The van der Waals surface area contributed by atoms with Gasteiger partial charge in [-0.3, -0.25) is 0 Å². The van der Waals surface area contributed by atoms with Crippen molar-refractivity contribution in [3.05, 3.63) is 28.0 Å². The van der Waals surface area contributed by atoms with E-state index < -0.39 is 5.82 Å². The zero-order chi connectivity index (χ0) is 9.30. The Kier molecular flexibility index (Phi) is 2.69. The van der Waals surface area contributed by atoms with Gasteiger partial charge in [-0.1, -0.05) is 6.07 Å². The summed E-state index contributed by atoms with van der Waals surface area (Å²) >= 11 is 2.92. The fourth-order valence-electron chi connectivity index (χ4n) is 0.922. The van der Waals surface area contributed by atoms with E-state index in [1.54, 1.807) is 6.92 Å². The third kappa shape index (κ3) is 1.59. The van der Waals surface area contributed by atoms with E-state index in [4.69, 9.17) is 5.73 Å². The molecule has 0 amide bonds. The number of halogens is 2. The molecule has 2 nitrogen and oxygen atoms in total. The van der Waals surface area contributed by atoms with Gasteiger partial charge in [0.2, 0.25) is 0 Å². The minimum Gasteiger partial charge on any atom is -0.506 e. The van der Waals surface area contributed by atoms with Crippen LogP contribution in [0.15, 0.2) is 16.6 Å². The van der Waals surface area contributed by atoms with Gasteiger partial charge >= 0.3 is 0 Å². The zero-order valence-electron chi connectivity index (χ0n) is 6.51. The number of benzene rings is 1. The highest BCUT2D eigenvalue weighted by molar-refractivity contribution is 9.10. The van der Waals surface area contributed by atoms with Gasteiger partial charge in [0.1, 0.15) is 11.6 Å². The average Bonchev–Trinajstić information content (AvgIpc) is 2.00. The Balaban J connectivity index is 3.27. The Hall–Kier alpha value is -0.610. The number of hydrogen-bond acceptors (Lipinski definition) is 2. The summed E-state index contributed by atoms with van der Waals surface area (Å²) in [7, 11) is 0. The third-order valence-electron chi connectivity index (χ3n) is 1.59. The van der Waals surface area contributed by atoms with Crippen molar-refractivity contribution in [2.24, 2.45) is 5.73 Å². The highest BCUT2D eigenvalue weighted by Crippen LogP contribution is 2.32. The van der Waals surface area contributed by atoms with Crippen molar-refractivity contribution in [1.29, 1.82) is 0 Å². The molecule has 12 heavy (non-hydrogen) atoms. The summed E-state index contributed by atoms with van der Waals surface area (Å²) in [6.07, 6.45) is 0. The van der Waals surface area contributed by atoms with Gasteiger partial charge in [0.05, 0.1) is 4.47 Å². The molecule has 0 heterocycles. The molecule has 66 valence electrons. The minimum atomic E-state index is -0.489.